The minimum absolute atomic E-state index is 0.250. The van der Waals surface area contributed by atoms with Crippen molar-refractivity contribution in [3.8, 4) is 0 Å². The SMILES string of the molecule is O=C(Nc1ccccc1Br)Nc1nnc2cccc(Cl)n12. The lowest BCUT2D eigenvalue weighted by atomic mass is 10.3. The predicted octanol–water partition coefficient (Wildman–Crippen LogP) is 3.79. The van der Waals surface area contributed by atoms with E-state index in [4.69, 9.17) is 11.6 Å². The van der Waals surface area contributed by atoms with Gasteiger partial charge in [0.25, 0.3) is 0 Å². The average molecular weight is 367 g/mol. The fourth-order valence-electron chi connectivity index (χ4n) is 1.80. The summed E-state index contributed by atoms with van der Waals surface area (Å²) in [5.41, 5.74) is 1.20. The van der Waals surface area contributed by atoms with E-state index in [0.717, 1.165) is 4.47 Å². The Balaban J connectivity index is 1.83. The van der Waals surface area contributed by atoms with Crippen LogP contribution in [0.2, 0.25) is 5.15 Å². The second-order valence-corrected chi connectivity index (χ2v) is 5.37. The van der Waals surface area contributed by atoms with Crippen LogP contribution in [0.1, 0.15) is 0 Å². The summed E-state index contributed by atoms with van der Waals surface area (Å²) < 4.78 is 2.32. The van der Waals surface area contributed by atoms with Crippen LogP contribution in [0.25, 0.3) is 5.65 Å². The number of fused-ring (bicyclic) bond motifs is 1. The minimum Gasteiger partial charge on any atom is -0.307 e. The molecule has 0 atom stereocenters. The first-order chi connectivity index (χ1) is 10.1. The molecule has 2 N–H and O–H groups in total. The van der Waals surface area contributed by atoms with Gasteiger partial charge in [-0.25, -0.2) is 4.79 Å². The Morgan fingerprint density at radius 2 is 1.90 bits per heavy atom. The highest BCUT2D eigenvalue weighted by Gasteiger charge is 2.12. The number of aromatic nitrogens is 3. The largest absolute Gasteiger partial charge is 0.326 e. The molecule has 0 radical (unpaired) electrons. The van der Waals surface area contributed by atoms with E-state index >= 15 is 0 Å². The van der Waals surface area contributed by atoms with Crippen molar-refractivity contribution in [1.29, 1.82) is 0 Å². The molecule has 0 aliphatic heterocycles. The molecule has 21 heavy (non-hydrogen) atoms. The third-order valence-corrected chi connectivity index (χ3v) is 3.71. The number of benzene rings is 1. The predicted molar refractivity (Wildman–Crippen MR) is 84.8 cm³/mol. The van der Waals surface area contributed by atoms with Crippen LogP contribution < -0.4 is 10.6 Å². The molecule has 106 valence electrons. The van der Waals surface area contributed by atoms with Crippen LogP contribution in [0, 0.1) is 0 Å². The van der Waals surface area contributed by atoms with E-state index in [9.17, 15) is 4.79 Å². The van der Waals surface area contributed by atoms with E-state index in [0.29, 0.717) is 16.5 Å². The number of anilines is 2. The lowest BCUT2D eigenvalue weighted by molar-refractivity contribution is 0.262. The Labute approximate surface area is 133 Å². The van der Waals surface area contributed by atoms with Gasteiger partial charge in [0, 0.05) is 4.47 Å². The van der Waals surface area contributed by atoms with Gasteiger partial charge >= 0.3 is 6.03 Å². The van der Waals surface area contributed by atoms with Crippen LogP contribution in [-0.2, 0) is 0 Å². The first-order valence-corrected chi connectivity index (χ1v) is 7.14. The second-order valence-electron chi connectivity index (χ2n) is 4.12. The zero-order chi connectivity index (χ0) is 14.8. The van der Waals surface area contributed by atoms with E-state index in [2.05, 4.69) is 36.8 Å². The topological polar surface area (TPSA) is 71.3 Å². The van der Waals surface area contributed by atoms with E-state index in [-0.39, 0.29) is 5.95 Å². The first-order valence-electron chi connectivity index (χ1n) is 5.97. The van der Waals surface area contributed by atoms with Crippen LogP contribution in [-0.4, -0.2) is 20.6 Å². The van der Waals surface area contributed by atoms with Gasteiger partial charge in [-0.05, 0) is 40.2 Å². The molecule has 8 heteroatoms. The Hall–Kier alpha value is -2.12. The fourth-order valence-corrected chi connectivity index (χ4v) is 2.43. The highest BCUT2D eigenvalue weighted by Crippen LogP contribution is 2.21. The number of pyridine rings is 1. The van der Waals surface area contributed by atoms with Crippen LogP contribution in [0.5, 0.6) is 0 Å². The van der Waals surface area contributed by atoms with E-state index < -0.39 is 6.03 Å². The smallest absolute Gasteiger partial charge is 0.307 e. The molecule has 2 aromatic heterocycles. The van der Waals surface area contributed by atoms with Gasteiger partial charge in [-0.2, -0.15) is 0 Å². The van der Waals surface area contributed by atoms with Crippen molar-refractivity contribution in [3.63, 3.8) is 0 Å². The van der Waals surface area contributed by atoms with Crippen molar-refractivity contribution in [2.75, 3.05) is 10.6 Å². The Morgan fingerprint density at radius 1 is 1.10 bits per heavy atom. The number of nitrogens with zero attached hydrogens (tertiary/aromatic N) is 3. The molecule has 6 nitrogen and oxygen atoms in total. The van der Waals surface area contributed by atoms with Crippen LogP contribution >= 0.6 is 27.5 Å². The molecule has 0 spiro atoms. The molecule has 3 aromatic rings. The second kappa shape index (κ2) is 5.71. The van der Waals surface area contributed by atoms with Crippen LogP contribution in [0.4, 0.5) is 16.4 Å². The summed E-state index contributed by atoms with van der Waals surface area (Å²) >= 11 is 9.43. The summed E-state index contributed by atoms with van der Waals surface area (Å²) in [4.78, 5) is 12.0. The molecule has 0 aliphatic rings. The monoisotopic (exact) mass is 365 g/mol. The molecule has 0 aliphatic carbocycles. The molecule has 3 rings (SSSR count). The molecular formula is C13H9BrClN5O. The van der Waals surface area contributed by atoms with Crippen molar-refractivity contribution in [1.82, 2.24) is 14.6 Å². The number of hydrogen-bond acceptors (Lipinski definition) is 3. The molecule has 2 heterocycles. The maximum atomic E-state index is 12.0. The number of urea groups is 1. The van der Waals surface area contributed by atoms with Gasteiger partial charge in [0.1, 0.15) is 5.15 Å². The maximum absolute atomic E-state index is 12.0. The van der Waals surface area contributed by atoms with E-state index in [1.54, 1.807) is 28.7 Å². The van der Waals surface area contributed by atoms with Crippen molar-refractivity contribution < 1.29 is 4.79 Å². The lowest BCUT2D eigenvalue weighted by Crippen LogP contribution is -2.21. The summed E-state index contributed by atoms with van der Waals surface area (Å²) in [5.74, 6) is 0.250. The summed E-state index contributed by atoms with van der Waals surface area (Å²) in [6.07, 6.45) is 0. The number of carbonyl (C=O) groups is 1. The van der Waals surface area contributed by atoms with E-state index in [1.807, 2.05) is 18.2 Å². The molecule has 0 saturated heterocycles. The van der Waals surface area contributed by atoms with Crippen LogP contribution in [0.15, 0.2) is 46.9 Å². The van der Waals surface area contributed by atoms with Crippen LogP contribution in [0.3, 0.4) is 0 Å². The first kappa shape index (κ1) is 13.8. The fraction of sp³-hybridized carbons (Fsp3) is 0. The molecule has 0 bridgehead atoms. The summed E-state index contributed by atoms with van der Waals surface area (Å²) in [6, 6.07) is 12.1. The highest BCUT2D eigenvalue weighted by atomic mass is 79.9. The Morgan fingerprint density at radius 3 is 2.71 bits per heavy atom. The molecule has 0 fully saturated rings. The molecule has 1 aromatic carbocycles. The normalized spacial score (nSPS) is 10.6. The Bertz CT molecular complexity index is 819. The van der Waals surface area contributed by atoms with Gasteiger partial charge in [-0.3, -0.25) is 9.72 Å². The molecule has 0 saturated carbocycles. The number of para-hydroxylation sites is 1. The van der Waals surface area contributed by atoms with Crippen molar-refractivity contribution in [2.45, 2.75) is 0 Å². The van der Waals surface area contributed by atoms with Crippen molar-refractivity contribution in [3.05, 3.63) is 52.1 Å². The number of hydrogen-bond donors (Lipinski definition) is 2. The van der Waals surface area contributed by atoms with Gasteiger partial charge in [0.05, 0.1) is 5.69 Å². The third kappa shape index (κ3) is 2.84. The van der Waals surface area contributed by atoms with Gasteiger partial charge in [-0.15, -0.1) is 10.2 Å². The molecule has 2 amide bonds. The maximum Gasteiger partial charge on any atom is 0.326 e. The highest BCUT2D eigenvalue weighted by molar-refractivity contribution is 9.10. The van der Waals surface area contributed by atoms with Crippen molar-refractivity contribution in [2.24, 2.45) is 0 Å². The summed E-state index contributed by atoms with van der Waals surface area (Å²) in [6.45, 7) is 0. The zero-order valence-electron chi connectivity index (χ0n) is 10.5. The number of halogens is 2. The minimum atomic E-state index is -0.434. The Kier molecular flexibility index (Phi) is 3.76. The standard InChI is InChI=1S/C13H9BrClN5O/c14-8-4-1-2-5-9(8)16-13(21)17-12-19-18-11-7-3-6-10(15)20(11)12/h1-7H,(H2,16,17,19,21). The van der Waals surface area contributed by atoms with Gasteiger partial charge in [-0.1, -0.05) is 29.8 Å². The molecular weight excluding hydrogens is 358 g/mol. The lowest BCUT2D eigenvalue weighted by Gasteiger charge is -2.08. The number of amides is 2. The summed E-state index contributed by atoms with van der Waals surface area (Å²) in [7, 11) is 0. The number of rotatable bonds is 2. The van der Waals surface area contributed by atoms with Gasteiger partial charge in [0.15, 0.2) is 5.65 Å². The number of carbonyl (C=O) groups excluding carboxylic acids is 1. The van der Waals surface area contributed by atoms with Crippen molar-refractivity contribution >= 4 is 50.8 Å². The quantitative estimate of drug-likeness (QED) is 0.678. The third-order valence-electron chi connectivity index (χ3n) is 2.73. The zero-order valence-corrected chi connectivity index (χ0v) is 12.9. The van der Waals surface area contributed by atoms with Gasteiger partial charge in [0.2, 0.25) is 5.95 Å². The number of nitrogens with one attached hydrogen (secondary N) is 2. The summed E-state index contributed by atoms with van der Waals surface area (Å²) in [5, 5.41) is 13.6. The average Bonchev–Trinajstić information content (AvgIpc) is 2.86. The molecule has 0 unspecified atom stereocenters. The van der Waals surface area contributed by atoms with Gasteiger partial charge < -0.3 is 5.32 Å². The van der Waals surface area contributed by atoms with E-state index in [1.165, 1.54) is 0 Å².